The minimum Gasteiger partial charge on any atom is -0.490 e. The van der Waals surface area contributed by atoms with E-state index in [1.807, 2.05) is 13.8 Å². The average molecular weight is 546 g/mol. The van der Waals surface area contributed by atoms with E-state index in [0.29, 0.717) is 25.2 Å². The highest BCUT2D eigenvalue weighted by Gasteiger charge is 2.59. The Bertz CT molecular complexity index is 1280. The van der Waals surface area contributed by atoms with E-state index >= 15 is 4.39 Å². The van der Waals surface area contributed by atoms with E-state index in [9.17, 15) is 30.8 Å². The summed E-state index contributed by atoms with van der Waals surface area (Å²) in [6.07, 6.45) is -4.19. The summed E-state index contributed by atoms with van der Waals surface area (Å²) in [5.41, 5.74) is -1.46. The van der Waals surface area contributed by atoms with Crippen LogP contribution in [0.15, 0.2) is 41.3 Å². The first-order chi connectivity index (χ1) is 17.4. The topological polar surface area (TPSA) is 63.7 Å². The second kappa shape index (κ2) is 9.89. The maximum atomic E-state index is 15.3. The molecule has 0 spiro atoms. The molecule has 0 aromatic heterocycles. The van der Waals surface area contributed by atoms with Crippen LogP contribution in [0.4, 0.5) is 22.0 Å². The molecule has 11 heteroatoms. The molecule has 0 saturated heterocycles. The molecule has 2 aromatic rings. The molecule has 2 aliphatic rings. The van der Waals surface area contributed by atoms with E-state index in [1.165, 1.54) is 0 Å². The number of benzene rings is 2. The lowest BCUT2D eigenvalue weighted by atomic mass is 9.68. The van der Waals surface area contributed by atoms with Crippen LogP contribution in [-0.4, -0.2) is 38.9 Å². The molecule has 1 heterocycles. The molecule has 1 aliphatic carbocycles. The predicted octanol–water partition coefficient (Wildman–Crippen LogP) is 5.72. The molecule has 1 fully saturated rings. The quantitative estimate of drug-likeness (QED) is 0.436. The predicted molar refractivity (Wildman–Crippen MR) is 126 cm³/mol. The molecule has 0 radical (unpaired) electrons. The Morgan fingerprint density at radius 1 is 1.05 bits per heavy atom. The van der Waals surface area contributed by atoms with Crippen LogP contribution in [0.5, 0.6) is 5.75 Å². The second-order valence-electron chi connectivity index (χ2n) is 9.57. The summed E-state index contributed by atoms with van der Waals surface area (Å²) in [6, 6.07) is 4.71. The number of hydrogen-bond acceptors (Lipinski definition) is 4. The highest BCUT2D eigenvalue weighted by molar-refractivity contribution is 7.92. The molecule has 1 saturated carbocycles. The summed E-state index contributed by atoms with van der Waals surface area (Å²) in [4.78, 5) is 14.0. The monoisotopic (exact) mass is 545 g/mol. The SMILES string of the molecule is CCN(CC)C(=O)C[C@@H]1CC[C@@]2(S(=O)(=O)c3ccc(C(F)(F)F)cc3)c3c(F)ccc(F)c3OC[C@H]2C1. The Balaban J connectivity index is 1.80. The van der Waals surface area contributed by atoms with Gasteiger partial charge in [0.15, 0.2) is 21.4 Å². The van der Waals surface area contributed by atoms with Gasteiger partial charge in [0.25, 0.3) is 0 Å². The zero-order valence-electron chi connectivity index (χ0n) is 20.4. The van der Waals surface area contributed by atoms with Gasteiger partial charge in [-0.05, 0) is 75.4 Å². The lowest BCUT2D eigenvalue weighted by molar-refractivity contribution is -0.137. The number of alkyl halides is 3. The van der Waals surface area contributed by atoms with E-state index in [4.69, 9.17) is 4.74 Å². The van der Waals surface area contributed by atoms with Crippen molar-refractivity contribution in [2.24, 2.45) is 11.8 Å². The highest BCUT2D eigenvalue weighted by atomic mass is 32.2. The minimum absolute atomic E-state index is 0.0811. The fourth-order valence-electron chi connectivity index (χ4n) is 5.78. The number of amides is 1. The van der Waals surface area contributed by atoms with Crippen molar-refractivity contribution in [2.45, 2.75) is 55.3 Å². The molecular weight excluding hydrogens is 517 g/mol. The highest BCUT2D eigenvalue weighted by Crippen LogP contribution is 2.57. The zero-order chi connectivity index (χ0) is 27.2. The van der Waals surface area contributed by atoms with Gasteiger partial charge in [0.1, 0.15) is 10.6 Å². The normalized spacial score (nSPS) is 23.5. The third-order valence-corrected chi connectivity index (χ3v) is 10.3. The lowest BCUT2D eigenvalue weighted by Gasteiger charge is -2.49. The van der Waals surface area contributed by atoms with Crippen molar-refractivity contribution in [3.8, 4) is 5.75 Å². The van der Waals surface area contributed by atoms with Crippen molar-refractivity contribution in [2.75, 3.05) is 19.7 Å². The Morgan fingerprint density at radius 3 is 2.27 bits per heavy atom. The fourth-order valence-corrected chi connectivity index (χ4v) is 8.14. The summed E-state index contributed by atoms with van der Waals surface area (Å²) in [5.74, 6) is -3.51. The third kappa shape index (κ3) is 4.59. The van der Waals surface area contributed by atoms with Crippen molar-refractivity contribution in [3.63, 3.8) is 0 Å². The molecule has 0 bridgehead atoms. The average Bonchev–Trinajstić information content (AvgIpc) is 2.86. The molecule has 0 N–H and O–H groups in total. The van der Waals surface area contributed by atoms with Crippen LogP contribution in [0.1, 0.15) is 50.7 Å². The van der Waals surface area contributed by atoms with Gasteiger partial charge in [-0.3, -0.25) is 4.79 Å². The van der Waals surface area contributed by atoms with E-state index in [0.717, 1.165) is 24.3 Å². The standard InChI is InChI=1S/C26H28F5NO4S/c1-3-32(4-2)22(33)14-16-11-12-25(37(34,35)19-7-5-17(6-8-19)26(29,30)31)18(13-16)15-36-24-21(28)10-9-20(27)23(24)25/h5-10,16,18H,3-4,11-15H2,1-2H3/t16-,18-,25+/m1/s1. The van der Waals surface area contributed by atoms with Crippen LogP contribution in [0.2, 0.25) is 0 Å². The Hall–Kier alpha value is -2.69. The molecule has 5 nitrogen and oxygen atoms in total. The van der Waals surface area contributed by atoms with Crippen LogP contribution in [0.3, 0.4) is 0 Å². The van der Waals surface area contributed by atoms with Crippen LogP contribution in [0.25, 0.3) is 0 Å². The molecule has 3 atom stereocenters. The van der Waals surface area contributed by atoms with E-state index < -0.39 is 60.1 Å². The first-order valence-corrected chi connectivity index (χ1v) is 13.7. The van der Waals surface area contributed by atoms with Crippen LogP contribution in [-0.2, 0) is 25.6 Å². The van der Waals surface area contributed by atoms with Gasteiger partial charge >= 0.3 is 6.18 Å². The van der Waals surface area contributed by atoms with Crippen molar-refractivity contribution in [1.29, 1.82) is 0 Å². The van der Waals surface area contributed by atoms with E-state index in [-0.39, 0.29) is 44.1 Å². The maximum absolute atomic E-state index is 15.3. The summed E-state index contributed by atoms with van der Waals surface area (Å²) in [5, 5.41) is 0. The minimum atomic E-state index is -4.67. The molecule has 2 aromatic carbocycles. The molecule has 202 valence electrons. The summed E-state index contributed by atoms with van der Waals surface area (Å²) >= 11 is 0. The summed E-state index contributed by atoms with van der Waals surface area (Å²) < 4.78 is 101. The summed E-state index contributed by atoms with van der Waals surface area (Å²) in [7, 11) is -4.53. The number of hydrogen-bond donors (Lipinski definition) is 0. The van der Waals surface area contributed by atoms with Gasteiger partial charge in [0, 0.05) is 25.4 Å². The van der Waals surface area contributed by atoms with Crippen LogP contribution < -0.4 is 4.74 Å². The van der Waals surface area contributed by atoms with Crippen LogP contribution >= 0.6 is 0 Å². The van der Waals surface area contributed by atoms with Crippen LogP contribution in [0, 0.1) is 23.5 Å². The van der Waals surface area contributed by atoms with E-state index in [1.54, 1.807) is 4.90 Å². The number of carbonyl (C=O) groups excluding carboxylic acids is 1. The van der Waals surface area contributed by atoms with Gasteiger partial charge in [0.05, 0.1) is 22.6 Å². The molecule has 4 rings (SSSR count). The molecule has 1 amide bonds. The molecule has 37 heavy (non-hydrogen) atoms. The van der Waals surface area contributed by atoms with Gasteiger partial charge in [-0.1, -0.05) is 0 Å². The fraction of sp³-hybridized carbons (Fsp3) is 0.500. The number of ether oxygens (including phenoxy) is 1. The Kier molecular flexibility index (Phi) is 7.31. The largest absolute Gasteiger partial charge is 0.490 e. The van der Waals surface area contributed by atoms with Gasteiger partial charge in [-0.2, -0.15) is 13.2 Å². The zero-order valence-corrected chi connectivity index (χ0v) is 21.3. The van der Waals surface area contributed by atoms with Crippen molar-refractivity contribution in [3.05, 3.63) is 59.2 Å². The van der Waals surface area contributed by atoms with Gasteiger partial charge in [-0.25, -0.2) is 17.2 Å². The lowest BCUT2D eigenvalue weighted by Crippen LogP contribution is -2.52. The molecular formula is C26H28F5NO4S. The van der Waals surface area contributed by atoms with Gasteiger partial charge in [0.2, 0.25) is 5.91 Å². The number of halogens is 5. The number of sulfone groups is 1. The summed E-state index contributed by atoms with van der Waals surface area (Å²) in [6.45, 7) is 4.53. The first-order valence-electron chi connectivity index (χ1n) is 12.2. The van der Waals surface area contributed by atoms with Gasteiger partial charge < -0.3 is 9.64 Å². The Labute approximate surface area is 212 Å². The van der Waals surface area contributed by atoms with Crippen molar-refractivity contribution < 1.29 is 39.9 Å². The smallest absolute Gasteiger partial charge is 0.416 e. The number of carbonyl (C=O) groups is 1. The van der Waals surface area contributed by atoms with Gasteiger partial charge in [-0.15, -0.1) is 0 Å². The molecule has 1 aliphatic heterocycles. The van der Waals surface area contributed by atoms with Crippen molar-refractivity contribution >= 4 is 15.7 Å². The Morgan fingerprint density at radius 2 is 1.68 bits per heavy atom. The second-order valence-corrected chi connectivity index (χ2v) is 11.8. The first kappa shape index (κ1) is 27.3. The maximum Gasteiger partial charge on any atom is 0.416 e. The van der Waals surface area contributed by atoms with Crippen molar-refractivity contribution in [1.82, 2.24) is 4.90 Å². The molecule has 0 unspecified atom stereocenters. The number of nitrogens with zero attached hydrogens (tertiary/aromatic N) is 1. The number of rotatable bonds is 6. The van der Waals surface area contributed by atoms with E-state index in [2.05, 4.69) is 0 Å². The third-order valence-electron chi connectivity index (χ3n) is 7.66. The number of fused-ring (bicyclic) bond motifs is 3.